The maximum absolute atomic E-state index is 12.4. The predicted octanol–water partition coefficient (Wildman–Crippen LogP) is 3.13. The average Bonchev–Trinajstić information content (AvgIpc) is 2.54. The Labute approximate surface area is 124 Å². The molecule has 0 N–H and O–H groups in total. The van der Waals surface area contributed by atoms with Crippen molar-refractivity contribution < 1.29 is 14.3 Å². The van der Waals surface area contributed by atoms with E-state index >= 15 is 0 Å². The first kappa shape index (κ1) is 14.9. The molecule has 0 aliphatic carbocycles. The van der Waals surface area contributed by atoms with Gasteiger partial charge in [-0.2, -0.15) is 0 Å². The number of carbonyl (C=O) groups is 1. The number of anilines is 1. The van der Waals surface area contributed by atoms with Gasteiger partial charge >= 0.3 is 0 Å². The molecule has 0 aromatic heterocycles. The monoisotopic (exact) mass is 285 g/mol. The summed E-state index contributed by atoms with van der Waals surface area (Å²) in [5.74, 6) is 1.20. The zero-order chi connectivity index (χ0) is 15.2. The summed E-state index contributed by atoms with van der Waals surface area (Å²) in [4.78, 5) is 14.0. The summed E-state index contributed by atoms with van der Waals surface area (Å²) in [7, 11) is 3.33. The van der Waals surface area contributed by atoms with Crippen molar-refractivity contribution in [2.75, 3.05) is 19.1 Å². The molecular weight excluding hydrogens is 266 g/mol. The third-order valence-corrected chi connectivity index (χ3v) is 3.18. The van der Waals surface area contributed by atoms with Gasteiger partial charge in [0.2, 0.25) is 0 Å². The topological polar surface area (TPSA) is 38.8 Å². The van der Waals surface area contributed by atoms with Gasteiger partial charge in [-0.3, -0.25) is 4.79 Å². The third-order valence-electron chi connectivity index (χ3n) is 3.18. The predicted molar refractivity (Wildman–Crippen MR) is 82.9 cm³/mol. The van der Waals surface area contributed by atoms with Gasteiger partial charge in [0.05, 0.1) is 7.11 Å². The Bertz CT molecular complexity index is 598. The molecule has 0 aliphatic heterocycles. The summed E-state index contributed by atoms with van der Waals surface area (Å²) in [5.41, 5.74) is 0.837. The summed E-state index contributed by atoms with van der Waals surface area (Å²) in [6.07, 6.45) is -0.581. The SMILES string of the molecule is COc1cccc(O[C@@H](C)C(=O)N(C)c2ccccc2)c1. The number of hydrogen-bond acceptors (Lipinski definition) is 3. The van der Waals surface area contributed by atoms with Crippen LogP contribution in [0.25, 0.3) is 0 Å². The highest BCUT2D eigenvalue weighted by Gasteiger charge is 2.20. The molecule has 2 rings (SSSR count). The third kappa shape index (κ3) is 3.75. The maximum Gasteiger partial charge on any atom is 0.267 e. The maximum atomic E-state index is 12.4. The van der Waals surface area contributed by atoms with Gasteiger partial charge in [0.1, 0.15) is 11.5 Å². The van der Waals surface area contributed by atoms with Gasteiger partial charge < -0.3 is 14.4 Å². The molecule has 0 radical (unpaired) electrons. The Morgan fingerprint density at radius 1 is 1.05 bits per heavy atom. The first-order valence-corrected chi connectivity index (χ1v) is 6.75. The average molecular weight is 285 g/mol. The number of hydrogen-bond donors (Lipinski definition) is 0. The molecule has 0 unspecified atom stereocenters. The summed E-state index contributed by atoms with van der Waals surface area (Å²) in [6.45, 7) is 1.74. The summed E-state index contributed by atoms with van der Waals surface area (Å²) < 4.78 is 10.8. The van der Waals surface area contributed by atoms with Crippen LogP contribution in [0.4, 0.5) is 5.69 Å². The molecule has 0 heterocycles. The second-order valence-corrected chi connectivity index (χ2v) is 4.67. The molecule has 110 valence electrons. The van der Waals surface area contributed by atoms with Crippen LogP contribution >= 0.6 is 0 Å². The fourth-order valence-corrected chi connectivity index (χ4v) is 1.98. The quantitative estimate of drug-likeness (QED) is 0.847. The fourth-order valence-electron chi connectivity index (χ4n) is 1.98. The van der Waals surface area contributed by atoms with Crippen LogP contribution < -0.4 is 14.4 Å². The number of likely N-dealkylation sites (N-methyl/N-ethyl adjacent to an activating group) is 1. The first-order valence-electron chi connectivity index (χ1n) is 6.75. The van der Waals surface area contributed by atoms with Crippen molar-refractivity contribution >= 4 is 11.6 Å². The van der Waals surface area contributed by atoms with Crippen LogP contribution in [0.1, 0.15) is 6.92 Å². The minimum Gasteiger partial charge on any atom is -0.497 e. The number of carbonyl (C=O) groups excluding carboxylic acids is 1. The first-order chi connectivity index (χ1) is 10.1. The van der Waals surface area contributed by atoms with Crippen molar-refractivity contribution in [3.05, 3.63) is 54.6 Å². The van der Waals surface area contributed by atoms with Crippen LogP contribution in [0.2, 0.25) is 0 Å². The number of ether oxygens (including phenoxy) is 2. The molecule has 1 amide bonds. The Morgan fingerprint density at radius 2 is 1.71 bits per heavy atom. The van der Waals surface area contributed by atoms with E-state index < -0.39 is 6.10 Å². The zero-order valence-corrected chi connectivity index (χ0v) is 12.4. The van der Waals surface area contributed by atoms with Crippen molar-refractivity contribution in [1.29, 1.82) is 0 Å². The normalized spacial score (nSPS) is 11.6. The van der Waals surface area contributed by atoms with E-state index in [1.807, 2.05) is 42.5 Å². The lowest BCUT2D eigenvalue weighted by atomic mass is 10.2. The van der Waals surface area contributed by atoms with E-state index in [-0.39, 0.29) is 5.91 Å². The molecule has 2 aromatic carbocycles. The van der Waals surface area contributed by atoms with Gasteiger partial charge in [-0.1, -0.05) is 24.3 Å². The second-order valence-electron chi connectivity index (χ2n) is 4.67. The molecule has 0 saturated heterocycles. The molecule has 4 nitrogen and oxygen atoms in total. The highest BCUT2D eigenvalue weighted by Crippen LogP contribution is 2.21. The summed E-state index contributed by atoms with van der Waals surface area (Å²) in [6, 6.07) is 16.7. The molecule has 0 saturated carbocycles. The number of amides is 1. The van der Waals surface area contributed by atoms with E-state index in [1.54, 1.807) is 38.1 Å². The van der Waals surface area contributed by atoms with Gasteiger partial charge in [0, 0.05) is 18.8 Å². The van der Waals surface area contributed by atoms with Crippen LogP contribution in [0, 0.1) is 0 Å². The lowest BCUT2D eigenvalue weighted by molar-refractivity contribution is -0.124. The van der Waals surface area contributed by atoms with Crippen LogP contribution in [0.3, 0.4) is 0 Å². The van der Waals surface area contributed by atoms with Crippen LogP contribution in [0.15, 0.2) is 54.6 Å². The smallest absolute Gasteiger partial charge is 0.267 e. The van der Waals surface area contributed by atoms with Crippen molar-refractivity contribution in [2.45, 2.75) is 13.0 Å². The van der Waals surface area contributed by atoms with Crippen molar-refractivity contribution in [2.24, 2.45) is 0 Å². The Hall–Kier alpha value is -2.49. The largest absolute Gasteiger partial charge is 0.497 e. The second kappa shape index (κ2) is 6.79. The van der Waals surface area contributed by atoms with Gasteiger partial charge in [0.25, 0.3) is 5.91 Å². The fraction of sp³-hybridized carbons (Fsp3) is 0.235. The Balaban J connectivity index is 2.05. The number of nitrogens with zero attached hydrogens (tertiary/aromatic N) is 1. The van der Waals surface area contributed by atoms with Gasteiger partial charge in [0.15, 0.2) is 6.10 Å². The van der Waals surface area contributed by atoms with Crippen LogP contribution in [0.5, 0.6) is 11.5 Å². The van der Waals surface area contributed by atoms with Crippen LogP contribution in [-0.4, -0.2) is 26.2 Å². The number of methoxy groups -OCH3 is 1. The molecule has 0 aliphatic rings. The van der Waals surface area contributed by atoms with E-state index in [4.69, 9.17) is 9.47 Å². The van der Waals surface area contributed by atoms with E-state index in [1.165, 1.54) is 0 Å². The van der Waals surface area contributed by atoms with Crippen molar-refractivity contribution in [3.8, 4) is 11.5 Å². The highest BCUT2D eigenvalue weighted by molar-refractivity contribution is 5.95. The number of rotatable bonds is 5. The summed E-state index contributed by atoms with van der Waals surface area (Å²) in [5, 5.41) is 0. The standard InChI is InChI=1S/C17H19NO3/c1-13(21-16-11-7-10-15(12-16)20-3)17(19)18(2)14-8-5-4-6-9-14/h4-13H,1-3H3/t13-/m0/s1. The van der Waals surface area contributed by atoms with Gasteiger partial charge in [-0.25, -0.2) is 0 Å². The minimum atomic E-state index is -0.581. The molecule has 0 spiro atoms. The molecular formula is C17H19NO3. The molecule has 4 heteroatoms. The Kier molecular flexibility index (Phi) is 4.82. The molecule has 2 aromatic rings. The molecule has 1 atom stereocenters. The summed E-state index contributed by atoms with van der Waals surface area (Å²) >= 11 is 0. The minimum absolute atomic E-state index is 0.107. The molecule has 0 fully saturated rings. The zero-order valence-electron chi connectivity index (χ0n) is 12.4. The Morgan fingerprint density at radius 3 is 2.38 bits per heavy atom. The van der Waals surface area contributed by atoms with Gasteiger partial charge in [-0.05, 0) is 31.2 Å². The van der Waals surface area contributed by atoms with Crippen LogP contribution in [-0.2, 0) is 4.79 Å². The lowest BCUT2D eigenvalue weighted by Gasteiger charge is -2.22. The van der Waals surface area contributed by atoms with Crippen molar-refractivity contribution in [3.63, 3.8) is 0 Å². The van der Waals surface area contributed by atoms with E-state index in [9.17, 15) is 4.79 Å². The number of benzene rings is 2. The molecule has 0 bridgehead atoms. The van der Waals surface area contributed by atoms with Gasteiger partial charge in [-0.15, -0.1) is 0 Å². The highest BCUT2D eigenvalue weighted by atomic mass is 16.5. The molecule has 21 heavy (non-hydrogen) atoms. The van der Waals surface area contributed by atoms with Crippen molar-refractivity contribution in [1.82, 2.24) is 0 Å². The number of para-hydroxylation sites is 1. The lowest BCUT2D eigenvalue weighted by Crippen LogP contribution is -2.37. The van der Waals surface area contributed by atoms with E-state index in [2.05, 4.69) is 0 Å². The van der Waals surface area contributed by atoms with E-state index in [0.717, 1.165) is 5.69 Å². The van der Waals surface area contributed by atoms with E-state index in [0.29, 0.717) is 11.5 Å².